The van der Waals surface area contributed by atoms with E-state index in [1.54, 1.807) is 0 Å². The summed E-state index contributed by atoms with van der Waals surface area (Å²) in [7, 11) is 0. The van der Waals surface area contributed by atoms with Crippen LogP contribution in [0, 0.1) is 20.8 Å². The summed E-state index contributed by atoms with van der Waals surface area (Å²) in [5, 5.41) is 0. The summed E-state index contributed by atoms with van der Waals surface area (Å²) >= 11 is 0. The molecule has 1 radical (unpaired) electrons. The number of unbranched alkanes of at least 4 members (excludes halogenated alkanes) is 12. The Morgan fingerprint density at radius 3 is 0.783 bits per heavy atom. The van der Waals surface area contributed by atoms with Crippen LogP contribution in [0.4, 0.5) is 0 Å². The molecule has 0 atom stereocenters. The van der Waals surface area contributed by atoms with Gasteiger partial charge in [-0.3, -0.25) is 0 Å². The van der Waals surface area contributed by atoms with Gasteiger partial charge in [0, 0.05) is 0 Å². The zero-order valence-electron chi connectivity index (χ0n) is 16.7. The molecule has 0 rings (SSSR count). The summed E-state index contributed by atoms with van der Waals surface area (Å²) in [4.78, 5) is 0. The maximum Gasteiger partial charge on any atom is 3.00 e. The third-order valence-electron chi connectivity index (χ3n) is 3.31. The van der Waals surface area contributed by atoms with Gasteiger partial charge in [-0.15, -0.1) is 0 Å². The van der Waals surface area contributed by atoms with Crippen LogP contribution < -0.4 is 0 Å². The van der Waals surface area contributed by atoms with Crippen LogP contribution in [0.25, 0.3) is 0 Å². The van der Waals surface area contributed by atoms with Gasteiger partial charge in [0.05, 0.1) is 0 Å². The molecule has 0 aromatic carbocycles. The molecule has 0 aromatic rings. The molecule has 0 spiro atoms. The number of hydrogen-bond donors (Lipinski definition) is 0. The molecule has 0 bridgehead atoms. The van der Waals surface area contributed by atoms with Crippen molar-refractivity contribution >= 4 is 0 Å². The molecule has 0 aromatic heterocycles. The van der Waals surface area contributed by atoms with Gasteiger partial charge in [-0.05, 0) is 0 Å². The Bertz CT molecular complexity index is 93.2. The van der Waals surface area contributed by atoms with Gasteiger partial charge in [-0.2, -0.15) is 19.3 Å². The molecule has 23 heavy (non-hydrogen) atoms. The van der Waals surface area contributed by atoms with Gasteiger partial charge in [-0.1, -0.05) is 97.8 Å². The van der Waals surface area contributed by atoms with E-state index in [2.05, 4.69) is 41.5 Å². The van der Waals surface area contributed by atoms with Crippen LogP contribution in [0.15, 0.2) is 0 Å². The van der Waals surface area contributed by atoms with E-state index in [1.165, 1.54) is 77.0 Å². The fraction of sp³-hybridized carbons (Fsp3) is 0.857. The van der Waals surface area contributed by atoms with Crippen LogP contribution >= 0.6 is 0 Å². The first-order chi connectivity index (χ1) is 10.2. The number of hydrogen-bond acceptors (Lipinski definition) is 0. The Hall–Kier alpha value is 0.674. The van der Waals surface area contributed by atoms with Crippen molar-refractivity contribution in [2.24, 2.45) is 0 Å². The van der Waals surface area contributed by atoms with E-state index < -0.39 is 0 Å². The van der Waals surface area contributed by atoms with Crippen molar-refractivity contribution in [3.05, 3.63) is 20.8 Å². The smallest absolute Gasteiger partial charge is 0.412 e. The van der Waals surface area contributed by atoms with Crippen LogP contribution in [0.2, 0.25) is 0 Å². The van der Waals surface area contributed by atoms with Crippen molar-refractivity contribution in [2.45, 2.75) is 117 Å². The molecule has 0 fully saturated rings. The van der Waals surface area contributed by atoms with Crippen LogP contribution in [-0.2, 0) is 21.7 Å². The van der Waals surface area contributed by atoms with Crippen LogP contribution in [0.3, 0.4) is 0 Å². The summed E-state index contributed by atoms with van der Waals surface area (Å²) in [5.74, 6) is 0. The zero-order valence-corrected chi connectivity index (χ0v) is 18.3. The molecular weight excluding hydrogens is 316 g/mol. The van der Waals surface area contributed by atoms with Crippen molar-refractivity contribution < 1.29 is 27.2 Å². The van der Waals surface area contributed by atoms with E-state index in [9.17, 15) is 0 Å². The van der Waals surface area contributed by atoms with Crippen molar-refractivity contribution in [1.82, 2.24) is 0 Å². The summed E-state index contributed by atoms with van der Waals surface area (Å²) in [6, 6.07) is 0. The molecule has 0 saturated carbocycles. The van der Waals surface area contributed by atoms with Crippen LogP contribution in [0.5, 0.6) is 0 Å². The van der Waals surface area contributed by atoms with Gasteiger partial charge >= 0.3 is 21.7 Å². The van der Waals surface area contributed by atoms with E-state index in [0.717, 1.165) is 19.3 Å². The van der Waals surface area contributed by atoms with E-state index in [1.807, 2.05) is 0 Å². The van der Waals surface area contributed by atoms with Gasteiger partial charge < -0.3 is 26.2 Å². The monoisotopic (exact) mass is 363 g/mol. The normalized spacial score (nSPS) is 8.61. The molecular formula is C21H47OTi. The van der Waals surface area contributed by atoms with E-state index >= 15 is 0 Å². The number of rotatable bonds is 12. The van der Waals surface area contributed by atoms with Gasteiger partial charge in [0.1, 0.15) is 0 Å². The van der Waals surface area contributed by atoms with Crippen LogP contribution in [-0.4, -0.2) is 5.48 Å². The first kappa shape index (κ1) is 34.9. The molecule has 0 heterocycles. The molecule has 0 unspecified atom stereocenters. The van der Waals surface area contributed by atoms with Crippen LogP contribution in [0.1, 0.15) is 117 Å². The Morgan fingerprint density at radius 1 is 0.435 bits per heavy atom. The fourth-order valence-electron chi connectivity index (χ4n) is 1.81. The van der Waals surface area contributed by atoms with Gasteiger partial charge in [0.15, 0.2) is 0 Å². The average Bonchev–Trinajstić information content (AvgIpc) is 2.50. The first-order valence-electron chi connectivity index (χ1n) is 9.62. The van der Waals surface area contributed by atoms with E-state index in [4.69, 9.17) is 0 Å². The minimum Gasteiger partial charge on any atom is -0.412 e. The summed E-state index contributed by atoms with van der Waals surface area (Å²) < 4.78 is 0. The molecule has 0 amide bonds. The Kier molecular flexibility index (Phi) is 65.8. The van der Waals surface area contributed by atoms with Crippen molar-refractivity contribution in [3.63, 3.8) is 0 Å². The van der Waals surface area contributed by atoms with Gasteiger partial charge in [-0.25, -0.2) is 0 Å². The maximum atomic E-state index is 3.76. The maximum absolute atomic E-state index is 3.76. The minimum absolute atomic E-state index is 0. The van der Waals surface area contributed by atoms with Crippen molar-refractivity contribution in [3.8, 4) is 0 Å². The second kappa shape index (κ2) is 43.4. The van der Waals surface area contributed by atoms with Crippen molar-refractivity contribution in [1.29, 1.82) is 0 Å². The van der Waals surface area contributed by atoms with Crippen molar-refractivity contribution in [2.75, 3.05) is 0 Å². The minimum atomic E-state index is 0. The first-order valence-corrected chi connectivity index (χ1v) is 9.62. The molecule has 0 aliphatic rings. The Morgan fingerprint density at radius 2 is 0.652 bits per heavy atom. The molecule has 141 valence electrons. The zero-order chi connectivity index (χ0) is 16.6. The molecule has 0 aliphatic heterocycles. The standard InChI is InChI=1S/3C7H15.H2O.Ti/c3*1-3-5-7-6-4-2;;/h3*1,3-7H2,2H3;1H2;/q3*-1;;+3. The summed E-state index contributed by atoms with van der Waals surface area (Å²) in [6.07, 6.45) is 19.6. The van der Waals surface area contributed by atoms with E-state index in [-0.39, 0.29) is 27.2 Å². The third-order valence-corrected chi connectivity index (χ3v) is 3.31. The third kappa shape index (κ3) is 60.3. The molecule has 2 N–H and O–H groups in total. The Labute approximate surface area is 165 Å². The Balaban J connectivity index is -0.0000000675. The molecule has 0 saturated heterocycles. The predicted molar refractivity (Wildman–Crippen MR) is 106 cm³/mol. The molecule has 1 nitrogen and oxygen atoms in total. The SMILES string of the molecule is O.[CH2-]CCCCCC.[CH2-]CCCCCC.[CH2-]CCCCCC.[Ti+3]. The summed E-state index contributed by atoms with van der Waals surface area (Å²) in [5.41, 5.74) is 0. The van der Waals surface area contributed by atoms with E-state index in [0.29, 0.717) is 0 Å². The second-order valence-electron chi connectivity index (χ2n) is 5.74. The quantitative estimate of drug-likeness (QED) is 0.195. The molecule has 0 aliphatic carbocycles. The summed E-state index contributed by atoms with van der Waals surface area (Å²) in [6.45, 7) is 17.9. The largest absolute Gasteiger partial charge is 3.00 e. The predicted octanol–water partition coefficient (Wildman–Crippen LogP) is 7.55. The fourth-order valence-corrected chi connectivity index (χ4v) is 1.81. The molecule has 2 heteroatoms. The average molecular weight is 363 g/mol. The van der Waals surface area contributed by atoms with Gasteiger partial charge in [0.2, 0.25) is 0 Å². The topological polar surface area (TPSA) is 31.5 Å². The van der Waals surface area contributed by atoms with Gasteiger partial charge in [0.25, 0.3) is 0 Å². The second-order valence-corrected chi connectivity index (χ2v) is 5.74.